The van der Waals surface area contributed by atoms with E-state index in [2.05, 4.69) is 31.4 Å². The zero-order chi connectivity index (χ0) is 34.6. The molecular formula is C37H54N4O7. The van der Waals surface area contributed by atoms with Gasteiger partial charge in [-0.25, -0.2) is 0 Å². The van der Waals surface area contributed by atoms with Crippen molar-refractivity contribution < 1.29 is 34.9 Å². The number of carbonyl (C=O) groups excluding carboxylic acids is 2. The van der Waals surface area contributed by atoms with E-state index in [1.165, 1.54) is 6.42 Å². The van der Waals surface area contributed by atoms with E-state index >= 15 is 0 Å². The van der Waals surface area contributed by atoms with E-state index in [1.54, 1.807) is 18.1 Å². The summed E-state index contributed by atoms with van der Waals surface area (Å²) in [6.45, 7) is 10.2. The largest absolute Gasteiger partial charge is 0.395 e. The molecule has 264 valence electrons. The van der Waals surface area contributed by atoms with Gasteiger partial charge in [0.1, 0.15) is 12.1 Å². The number of rotatable bonds is 15. The van der Waals surface area contributed by atoms with E-state index in [0.717, 1.165) is 23.1 Å². The first-order valence-electron chi connectivity index (χ1n) is 17.4. The van der Waals surface area contributed by atoms with Crippen molar-refractivity contribution in [3.63, 3.8) is 0 Å². The molecule has 2 aromatic carbocycles. The summed E-state index contributed by atoms with van der Waals surface area (Å²) in [6, 6.07) is 14.5. The van der Waals surface area contributed by atoms with Gasteiger partial charge >= 0.3 is 0 Å². The normalized spacial score (nSPS) is 28.6. The molecule has 48 heavy (non-hydrogen) atoms. The number of carbonyl (C=O) groups is 2. The molecule has 8 atom stereocenters. The fraction of sp³-hybridized carbons (Fsp3) is 0.622. The number of aliphatic hydroxyl groups is 4. The Kier molecular flexibility index (Phi) is 11.9. The zero-order valence-electron chi connectivity index (χ0n) is 28.7. The van der Waals surface area contributed by atoms with Crippen LogP contribution in [-0.2, 0) is 16.2 Å². The van der Waals surface area contributed by atoms with Crippen LogP contribution in [0.3, 0.4) is 0 Å². The van der Waals surface area contributed by atoms with Crippen LogP contribution in [0.1, 0.15) is 56.5 Å². The maximum absolute atomic E-state index is 14.0. The van der Waals surface area contributed by atoms with Crippen LogP contribution in [0.25, 0.3) is 11.1 Å². The minimum absolute atomic E-state index is 0.0188. The van der Waals surface area contributed by atoms with Gasteiger partial charge in [0.25, 0.3) is 5.91 Å². The molecule has 0 unspecified atom stereocenters. The van der Waals surface area contributed by atoms with Crippen LogP contribution in [0.15, 0.2) is 48.5 Å². The standard InChI is InChI=1S/C37H54N4O7/c1-23-30-19-29(37(30,3)4)20-31(23)39-36(47)34-33(24(2)45)32(22-44)48-41(34)21-25-7-5-8-26(17-25)27-9-6-10-28(18-27)35(46)38-11-12-40(13-15-42)14-16-43/h5-10,17-18,23-24,29-34,42-45H,11-16,19-22H2,1-4H3,(H,38,46)(H,39,47)/t23-,24-,29-,30+,31-,32-,33+,34-/m0/s1. The predicted octanol–water partition coefficient (Wildman–Crippen LogP) is 2.03. The molecule has 2 aromatic rings. The van der Waals surface area contributed by atoms with Gasteiger partial charge in [-0.15, -0.1) is 0 Å². The molecule has 6 rings (SSSR count). The van der Waals surface area contributed by atoms with Crippen LogP contribution in [-0.4, -0.2) is 112 Å². The molecule has 0 spiro atoms. The number of amides is 2. The van der Waals surface area contributed by atoms with E-state index in [9.17, 15) is 30.0 Å². The highest BCUT2D eigenvalue weighted by Gasteiger charge is 2.57. The summed E-state index contributed by atoms with van der Waals surface area (Å²) in [5.74, 6) is 0.514. The van der Waals surface area contributed by atoms with Crippen LogP contribution in [0.4, 0.5) is 0 Å². The summed E-state index contributed by atoms with van der Waals surface area (Å²) < 4.78 is 0. The number of hydrogen-bond donors (Lipinski definition) is 6. The van der Waals surface area contributed by atoms with Crippen molar-refractivity contribution in [2.45, 2.75) is 71.4 Å². The lowest BCUT2D eigenvalue weighted by Crippen LogP contribution is -2.62. The molecule has 3 saturated carbocycles. The fourth-order valence-corrected chi connectivity index (χ4v) is 8.40. The van der Waals surface area contributed by atoms with Crippen molar-refractivity contribution in [2.75, 3.05) is 46.0 Å². The first kappa shape index (κ1) is 36.4. The second-order valence-corrected chi connectivity index (χ2v) is 14.6. The molecule has 3 aliphatic carbocycles. The predicted molar refractivity (Wildman–Crippen MR) is 182 cm³/mol. The zero-order valence-corrected chi connectivity index (χ0v) is 28.7. The third-order valence-electron chi connectivity index (χ3n) is 11.3. The summed E-state index contributed by atoms with van der Waals surface area (Å²) in [5, 5.41) is 47.2. The summed E-state index contributed by atoms with van der Waals surface area (Å²) >= 11 is 0. The van der Waals surface area contributed by atoms with E-state index in [1.807, 2.05) is 47.4 Å². The van der Waals surface area contributed by atoms with E-state index in [-0.39, 0.29) is 44.2 Å². The van der Waals surface area contributed by atoms with Crippen molar-refractivity contribution in [3.05, 3.63) is 59.7 Å². The molecule has 1 aliphatic heterocycles. The Hall–Kier alpha value is -2.90. The lowest BCUT2D eigenvalue weighted by atomic mass is 9.45. The van der Waals surface area contributed by atoms with Crippen molar-refractivity contribution in [1.29, 1.82) is 0 Å². The molecule has 2 bridgehead atoms. The third kappa shape index (κ3) is 7.78. The highest BCUT2D eigenvalue weighted by atomic mass is 16.7. The van der Waals surface area contributed by atoms with Crippen molar-refractivity contribution in [1.82, 2.24) is 20.6 Å². The molecule has 4 fully saturated rings. The molecule has 1 heterocycles. The molecule has 0 radical (unpaired) electrons. The van der Waals surface area contributed by atoms with Gasteiger partial charge in [0.15, 0.2) is 0 Å². The quantitative estimate of drug-likeness (QED) is 0.168. The molecule has 4 aliphatic rings. The van der Waals surface area contributed by atoms with Gasteiger partial charge in [-0.2, -0.15) is 5.06 Å². The van der Waals surface area contributed by atoms with Gasteiger partial charge in [0.05, 0.1) is 32.5 Å². The Morgan fingerprint density at radius 2 is 1.71 bits per heavy atom. The van der Waals surface area contributed by atoms with Crippen LogP contribution < -0.4 is 10.6 Å². The molecule has 11 nitrogen and oxygen atoms in total. The summed E-state index contributed by atoms with van der Waals surface area (Å²) in [4.78, 5) is 35.0. The number of nitrogens with one attached hydrogen (secondary N) is 2. The van der Waals surface area contributed by atoms with Gasteiger partial charge in [-0.05, 0) is 77.8 Å². The third-order valence-corrected chi connectivity index (χ3v) is 11.3. The van der Waals surface area contributed by atoms with Crippen LogP contribution in [0, 0.1) is 29.1 Å². The molecular weight excluding hydrogens is 612 g/mol. The second-order valence-electron chi connectivity index (χ2n) is 14.6. The lowest BCUT2D eigenvalue weighted by Gasteiger charge is -2.62. The second kappa shape index (κ2) is 15.8. The Labute approximate surface area is 284 Å². The Bertz CT molecular complexity index is 1400. The maximum atomic E-state index is 14.0. The van der Waals surface area contributed by atoms with Crippen molar-refractivity contribution in [2.24, 2.45) is 29.1 Å². The number of hydrogen-bond acceptors (Lipinski definition) is 9. The molecule has 11 heteroatoms. The Morgan fingerprint density at radius 1 is 1.02 bits per heavy atom. The number of benzene rings is 2. The van der Waals surface area contributed by atoms with Gasteiger partial charge < -0.3 is 31.1 Å². The molecule has 1 saturated heterocycles. The average Bonchev–Trinajstić information content (AvgIpc) is 3.44. The first-order valence-corrected chi connectivity index (χ1v) is 17.4. The van der Waals surface area contributed by atoms with Gasteiger partial charge in [-0.3, -0.25) is 19.3 Å². The minimum atomic E-state index is -0.869. The van der Waals surface area contributed by atoms with Crippen molar-refractivity contribution >= 4 is 11.8 Å². The molecule has 0 aromatic heterocycles. The topological polar surface area (TPSA) is 155 Å². The molecule has 2 amide bonds. The maximum Gasteiger partial charge on any atom is 0.251 e. The Morgan fingerprint density at radius 3 is 2.33 bits per heavy atom. The monoisotopic (exact) mass is 666 g/mol. The molecule has 6 N–H and O–H groups in total. The average molecular weight is 667 g/mol. The minimum Gasteiger partial charge on any atom is -0.395 e. The summed E-state index contributed by atoms with van der Waals surface area (Å²) in [5.41, 5.74) is 3.43. The lowest BCUT2D eigenvalue weighted by molar-refractivity contribution is -0.183. The van der Waals surface area contributed by atoms with Gasteiger partial charge in [0.2, 0.25) is 5.91 Å². The number of aliphatic hydroxyl groups excluding tert-OH is 4. The van der Waals surface area contributed by atoms with Crippen LogP contribution in [0.2, 0.25) is 0 Å². The van der Waals surface area contributed by atoms with E-state index < -0.39 is 24.2 Å². The summed E-state index contributed by atoms with van der Waals surface area (Å²) in [6.07, 6.45) is 0.570. The Balaban J connectivity index is 1.28. The number of fused-ring (bicyclic) bond motifs is 2. The van der Waals surface area contributed by atoms with Gasteiger partial charge in [-0.1, -0.05) is 51.1 Å². The number of nitrogens with zero attached hydrogens (tertiary/aromatic N) is 2. The van der Waals surface area contributed by atoms with Crippen molar-refractivity contribution in [3.8, 4) is 11.1 Å². The van der Waals surface area contributed by atoms with E-state index in [4.69, 9.17) is 4.84 Å². The highest BCUT2D eigenvalue weighted by molar-refractivity contribution is 5.95. The number of hydroxylamine groups is 2. The van der Waals surface area contributed by atoms with E-state index in [0.29, 0.717) is 54.9 Å². The van der Waals surface area contributed by atoms with Gasteiger partial charge in [0, 0.05) is 43.7 Å². The smallest absolute Gasteiger partial charge is 0.251 e. The van der Waals surface area contributed by atoms with Crippen LogP contribution >= 0.6 is 0 Å². The fourth-order valence-electron chi connectivity index (χ4n) is 8.40. The summed E-state index contributed by atoms with van der Waals surface area (Å²) in [7, 11) is 0. The highest BCUT2D eigenvalue weighted by Crippen LogP contribution is 2.61. The van der Waals surface area contributed by atoms with Crippen LogP contribution in [0.5, 0.6) is 0 Å². The first-order chi connectivity index (χ1) is 23.0. The SMILES string of the molecule is C[C@@H]1[C@@H](NC(=O)[C@@H]2[C@H]([C@H](C)O)[C@H](CO)ON2Cc2cccc(-c3cccc(C(=O)NCCN(CCO)CCO)c3)c2)C[C@@H]2C[C@H]1C2(C)C.